The van der Waals surface area contributed by atoms with Crippen LogP contribution in [0.5, 0.6) is 0 Å². The molecule has 0 aliphatic carbocycles. The molecule has 0 radical (unpaired) electrons. The summed E-state index contributed by atoms with van der Waals surface area (Å²) in [5, 5.41) is 18.2. The molecule has 25 heteroatoms. The third-order valence-electron chi connectivity index (χ3n) is 12.4. The zero-order chi connectivity index (χ0) is 57.8. The number of aromatic nitrogens is 8. The highest BCUT2D eigenvalue weighted by atomic mass is 19.4. The van der Waals surface area contributed by atoms with Crippen molar-refractivity contribution in [1.82, 2.24) is 42.7 Å². The molecule has 79 heavy (non-hydrogen) atoms. The predicted molar refractivity (Wildman–Crippen MR) is 277 cm³/mol. The molecule has 0 saturated heterocycles. The Kier molecular flexibility index (Phi) is 16.4. The number of carbonyl (C=O) groups is 2. The lowest BCUT2D eigenvalue weighted by atomic mass is 10.1. The van der Waals surface area contributed by atoms with Gasteiger partial charge in [0.2, 0.25) is 0 Å². The zero-order valence-electron chi connectivity index (χ0n) is 42.7. The smallest absolute Gasteiger partial charge is 0.416 e. The van der Waals surface area contributed by atoms with Crippen LogP contribution in [0.4, 0.5) is 37.7 Å². The zero-order valence-corrected chi connectivity index (χ0v) is 42.7. The van der Waals surface area contributed by atoms with Crippen LogP contribution in [0, 0.1) is 27.0 Å². The quantitative estimate of drug-likeness (QED) is 0.0501. The van der Waals surface area contributed by atoms with Crippen LogP contribution in [0.1, 0.15) is 56.1 Å². The number of alkyl halides is 6. The standard InChI is InChI=1S/C30H29F3N6O4.C24H16F3N5O4/c1-19-25(27(40)37(5)29(42)38(19)23-10-8-9-20(17-23)30(31,32)33)26-24(28(41)43-16-7-6-15-36(3)4)18-35-39(26)22-13-11-21(34-2)12-14-22;1-13-19(20-18(22(34)35)12-29-32(20)16-9-7-15(28-2)8-10-16)21(33)30(3)23(36)31(13)17-6-4-5-14(11-17)24(25,26)27/h8-14,17-18H,6-7,15-16H2,1,3-5H3;4-12H,1,3H3,(H,34,35). The number of ether oxygens (including phenoxy) is 1. The van der Waals surface area contributed by atoms with E-state index in [0.29, 0.717) is 33.7 Å². The lowest BCUT2D eigenvalue weighted by Crippen LogP contribution is -2.40. The van der Waals surface area contributed by atoms with Gasteiger partial charge in [-0.1, -0.05) is 36.4 Å². The van der Waals surface area contributed by atoms with Crippen molar-refractivity contribution < 1.29 is 45.8 Å². The molecule has 1 N–H and O–H groups in total. The molecule has 0 fully saturated rings. The fraction of sp³-hybridized carbons (Fsp3) is 0.222. The summed E-state index contributed by atoms with van der Waals surface area (Å²) in [6.45, 7) is 18.0. The highest BCUT2D eigenvalue weighted by Crippen LogP contribution is 2.34. The molecule has 0 aliphatic rings. The van der Waals surface area contributed by atoms with E-state index in [1.807, 2.05) is 19.0 Å². The number of esters is 1. The Morgan fingerprint density at radius 2 is 1.03 bits per heavy atom. The van der Waals surface area contributed by atoms with Crippen molar-refractivity contribution in [3.05, 3.63) is 208 Å². The summed E-state index contributed by atoms with van der Waals surface area (Å²) in [7, 11) is 6.20. The van der Waals surface area contributed by atoms with E-state index in [9.17, 15) is 60.2 Å². The van der Waals surface area contributed by atoms with Gasteiger partial charge < -0.3 is 14.7 Å². The average molecular weight is 1090 g/mol. The van der Waals surface area contributed by atoms with E-state index < -0.39 is 57.9 Å². The molecular weight excluding hydrogens is 1040 g/mol. The summed E-state index contributed by atoms with van der Waals surface area (Å²) in [5.74, 6) is -2.17. The molecule has 0 saturated carbocycles. The van der Waals surface area contributed by atoms with E-state index in [-0.39, 0.29) is 63.0 Å². The van der Waals surface area contributed by atoms with Crippen molar-refractivity contribution in [2.24, 2.45) is 14.1 Å². The van der Waals surface area contributed by atoms with E-state index in [0.717, 1.165) is 76.3 Å². The molecule has 4 heterocycles. The average Bonchev–Trinajstić information content (AvgIpc) is 4.28. The molecule has 8 aromatic rings. The van der Waals surface area contributed by atoms with Gasteiger partial charge in [-0.25, -0.2) is 38.2 Å². The summed E-state index contributed by atoms with van der Waals surface area (Å²) >= 11 is 0. The van der Waals surface area contributed by atoms with Gasteiger partial charge in [-0.15, -0.1) is 0 Å². The number of rotatable bonds is 13. The number of unbranched alkanes of at least 4 members (excludes halogenated alkanes) is 1. The first kappa shape index (κ1) is 56.8. The van der Waals surface area contributed by atoms with Crippen LogP contribution >= 0.6 is 0 Å². The summed E-state index contributed by atoms with van der Waals surface area (Å²) in [5.41, 5.74) is -5.38. The molecule has 4 aromatic carbocycles. The molecule has 8 rings (SSSR count). The topological polar surface area (TPSA) is 199 Å². The van der Waals surface area contributed by atoms with Gasteiger partial charge >= 0.3 is 35.7 Å². The van der Waals surface area contributed by atoms with Crippen LogP contribution < -0.4 is 22.5 Å². The monoisotopic (exact) mass is 1090 g/mol. The van der Waals surface area contributed by atoms with Crippen LogP contribution in [-0.2, 0) is 31.2 Å². The van der Waals surface area contributed by atoms with Gasteiger partial charge in [0.05, 0.1) is 88.5 Å². The maximum Gasteiger partial charge on any atom is 0.416 e. The SMILES string of the molecule is [C-]#[N+]c1ccc(-n2ncc(C(=O)O)c2-c2c(C)n(-c3cccc(C(F)(F)F)c3)c(=O)n(C)c2=O)cc1.[C-]#[N+]c1ccc(-n2ncc(C(=O)OCCCCN(C)C)c2-c2c(C)n(-c3cccc(C(F)(F)F)c3)c(=O)n(C)c2=O)cc1. The Hall–Kier alpha value is -9.88. The number of carboxylic acid groups (broad SMARTS) is 1. The van der Waals surface area contributed by atoms with Gasteiger partial charge in [0, 0.05) is 25.5 Å². The normalized spacial score (nSPS) is 11.4. The highest BCUT2D eigenvalue weighted by molar-refractivity contribution is 5.97. The van der Waals surface area contributed by atoms with Crippen LogP contribution in [0.25, 0.3) is 55.0 Å². The Morgan fingerprint density at radius 1 is 0.620 bits per heavy atom. The third-order valence-corrected chi connectivity index (χ3v) is 12.4. The van der Waals surface area contributed by atoms with Crippen molar-refractivity contribution in [1.29, 1.82) is 0 Å². The van der Waals surface area contributed by atoms with Crippen LogP contribution in [0.2, 0.25) is 0 Å². The number of benzene rings is 4. The number of aromatic carboxylic acids is 1. The molecular formula is C54H45F6N11O8. The first-order valence-corrected chi connectivity index (χ1v) is 23.5. The third kappa shape index (κ3) is 11.6. The number of hydrogen-bond acceptors (Lipinski definition) is 10. The van der Waals surface area contributed by atoms with Gasteiger partial charge in [0.15, 0.2) is 11.4 Å². The number of hydrogen-bond donors (Lipinski definition) is 1. The second kappa shape index (κ2) is 22.8. The maximum absolute atomic E-state index is 13.7. The Balaban J connectivity index is 0.000000232. The minimum Gasteiger partial charge on any atom is -0.478 e. The van der Waals surface area contributed by atoms with Crippen molar-refractivity contribution in [3.8, 4) is 45.3 Å². The largest absolute Gasteiger partial charge is 0.478 e. The molecule has 0 amide bonds. The fourth-order valence-electron chi connectivity index (χ4n) is 8.41. The van der Waals surface area contributed by atoms with Crippen LogP contribution in [0.3, 0.4) is 0 Å². The van der Waals surface area contributed by atoms with Crippen LogP contribution in [0.15, 0.2) is 129 Å². The maximum atomic E-state index is 13.7. The minimum absolute atomic E-state index is 0.00678. The first-order chi connectivity index (χ1) is 37.3. The summed E-state index contributed by atoms with van der Waals surface area (Å²) < 4.78 is 91.9. The number of carbonyl (C=O) groups excluding carboxylic acids is 1. The number of halogens is 6. The number of nitrogens with zero attached hydrogens (tertiary/aromatic N) is 11. The van der Waals surface area contributed by atoms with Crippen molar-refractivity contribution in [2.45, 2.75) is 39.0 Å². The van der Waals surface area contributed by atoms with Gasteiger partial charge in [-0.2, -0.15) is 36.5 Å². The number of carboxylic acids is 1. The summed E-state index contributed by atoms with van der Waals surface area (Å²) in [6.07, 6.45) is -5.72. The molecule has 19 nitrogen and oxygen atoms in total. The highest BCUT2D eigenvalue weighted by Gasteiger charge is 2.34. The van der Waals surface area contributed by atoms with Gasteiger partial charge in [0.25, 0.3) is 11.1 Å². The molecule has 0 spiro atoms. The van der Waals surface area contributed by atoms with Gasteiger partial charge in [-0.3, -0.25) is 27.9 Å². The van der Waals surface area contributed by atoms with E-state index in [1.165, 1.54) is 85.0 Å². The van der Waals surface area contributed by atoms with Gasteiger partial charge in [-0.05, 0) is 108 Å². The summed E-state index contributed by atoms with van der Waals surface area (Å²) in [6, 6.07) is 20.3. The fourth-order valence-corrected chi connectivity index (χ4v) is 8.41. The molecule has 0 atom stereocenters. The summed E-state index contributed by atoms with van der Waals surface area (Å²) in [4.78, 5) is 87.3. The van der Waals surface area contributed by atoms with Crippen molar-refractivity contribution in [3.63, 3.8) is 0 Å². The molecule has 0 unspecified atom stereocenters. The Morgan fingerprint density at radius 3 is 1.41 bits per heavy atom. The molecule has 406 valence electrons. The van der Waals surface area contributed by atoms with E-state index in [4.69, 9.17) is 17.9 Å². The van der Waals surface area contributed by atoms with Crippen LogP contribution in [-0.4, -0.2) is 87.0 Å². The first-order valence-electron chi connectivity index (χ1n) is 23.5. The second-order valence-corrected chi connectivity index (χ2v) is 17.8. The minimum atomic E-state index is -4.68. The molecule has 0 bridgehead atoms. The molecule has 0 aliphatic heterocycles. The van der Waals surface area contributed by atoms with Crippen molar-refractivity contribution in [2.75, 3.05) is 27.2 Å². The lowest BCUT2D eigenvalue weighted by molar-refractivity contribution is -0.138. The Bertz CT molecular complexity index is 4000. The van der Waals surface area contributed by atoms with E-state index in [1.54, 1.807) is 12.1 Å². The Labute approximate surface area is 443 Å². The molecule has 4 aromatic heterocycles. The lowest BCUT2D eigenvalue weighted by Gasteiger charge is -2.18. The predicted octanol–water partition coefficient (Wildman–Crippen LogP) is 8.73. The second-order valence-electron chi connectivity index (χ2n) is 17.8. The van der Waals surface area contributed by atoms with E-state index >= 15 is 0 Å². The van der Waals surface area contributed by atoms with E-state index in [2.05, 4.69) is 19.9 Å². The van der Waals surface area contributed by atoms with Gasteiger partial charge in [0.1, 0.15) is 11.1 Å². The van der Waals surface area contributed by atoms with Crippen molar-refractivity contribution >= 4 is 23.3 Å².